The fraction of sp³-hybridized carbons (Fsp3) is 0.438. The average molecular weight is 257 g/mol. The second-order valence-electron chi connectivity index (χ2n) is 5.66. The Balaban J connectivity index is 2.13. The van der Waals surface area contributed by atoms with Gasteiger partial charge in [-0.1, -0.05) is 18.2 Å². The first-order valence-electron chi connectivity index (χ1n) is 6.73. The molecule has 0 spiro atoms. The summed E-state index contributed by atoms with van der Waals surface area (Å²) in [6, 6.07) is 8.56. The lowest BCUT2D eigenvalue weighted by Crippen LogP contribution is -2.33. The van der Waals surface area contributed by atoms with Crippen LogP contribution in [0.2, 0.25) is 0 Å². The number of aromatic nitrogens is 2. The number of nitrogens with two attached hydrogens (primary N) is 1. The molecule has 0 saturated carbocycles. The molecule has 102 valence electrons. The Morgan fingerprint density at radius 2 is 1.95 bits per heavy atom. The molecular formula is C16H23N3. The molecule has 2 aromatic rings. The van der Waals surface area contributed by atoms with Gasteiger partial charge in [-0.15, -0.1) is 0 Å². The lowest BCUT2D eigenvalue weighted by atomic mass is 9.86. The maximum atomic E-state index is 6.49. The van der Waals surface area contributed by atoms with Crippen molar-refractivity contribution < 1.29 is 0 Å². The van der Waals surface area contributed by atoms with Gasteiger partial charge in [0.1, 0.15) is 0 Å². The Morgan fingerprint density at radius 3 is 2.53 bits per heavy atom. The predicted octanol–water partition coefficient (Wildman–Crippen LogP) is 2.84. The summed E-state index contributed by atoms with van der Waals surface area (Å²) in [4.78, 5) is 0. The van der Waals surface area contributed by atoms with Crippen LogP contribution >= 0.6 is 0 Å². The van der Waals surface area contributed by atoms with E-state index in [1.165, 1.54) is 22.4 Å². The maximum Gasteiger partial charge on any atom is 0.0492 e. The normalized spacial score (nSPS) is 14.4. The Hall–Kier alpha value is -1.61. The van der Waals surface area contributed by atoms with Gasteiger partial charge in [0.15, 0.2) is 0 Å². The van der Waals surface area contributed by atoms with Gasteiger partial charge in [-0.3, -0.25) is 4.68 Å². The minimum Gasteiger partial charge on any atom is -0.322 e. The fourth-order valence-electron chi connectivity index (χ4n) is 2.28. The molecule has 2 N–H and O–H groups in total. The quantitative estimate of drug-likeness (QED) is 0.915. The summed E-state index contributed by atoms with van der Waals surface area (Å²) >= 11 is 0. The summed E-state index contributed by atoms with van der Waals surface area (Å²) in [6.45, 7) is 6.37. The number of aryl methyl sites for hydroxylation is 4. The number of nitrogens with zero attached hydrogens (tertiary/aromatic N) is 2. The first-order chi connectivity index (χ1) is 8.90. The molecule has 0 aliphatic rings. The highest BCUT2D eigenvalue weighted by Crippen LogP contribution is 2.25. The van der Waals surface area contributed by atoms with Crippen molar-refractivity contribution in [3.8, 4) is 0 Å². The van der Waals surface area contributed by atoms with Crippen molar-refractivity contribution in [1.29, 1.82) is 0 Å². The van der Waals surface area contributed by atoms with Crippen LogP contribution in [0.3, 0.4) is 0 Å². The highest BCUT2D eigenvalue weighted by atomic mass is 15.2. The summed E-state index contributed by atoms with van der Waals surface area (Å²) in [5.41, 5.74) is 11.2. The van der Waals surface area contributed by atoms with E-state index in [0.717, 1.165) is 12.8 Å². The standard InChI is InChI=1S/C16H23N3/c1-12-5-6-14(11-13(12)2)16(3,17)9-7-15-8-10-18-19(15)4/h5-6,8,10-11H,7,9,17H2,1-4H3. The van der Waals surface area contributed by atoms with E-state index in [2.05, 4.69) is 50.1 Å². The van der Waals surface area contributed by atoms with Crippen molar-refractivity contribution in [3.05, 3.63) is 52.8 Å². The minimum absolute atomic E-state index is 0.303. The first-order valence-corrected chi connectivity index (χ1v) is 6.73. The van der Waals surface area contributed by atoms with Gasteiger partial charge in [0.25, 0.3) is 0 Å². The molecule has 1 aromatic carbocycles. The molecule has 0 radical (unpaired) electrons. The van der Waals surface area contributed by atoms with E-state index in [0.29, 0.717) is 0 Å². The summed E-state index contributed by atoms with van der Waals surface area (Å²) in [5, 5.41) is 4.19. The summed E-state index contributed by atoms with van der Waals surface area (Å²) in [6.07, 6.45) is 3.69. The Morgan fingerprint density at radius 1 is 1.21 bits per heavy atom. The van der Waals surface area contributed by atoms with Gasteiger partial charge in [-0.25, -0.2) is 0 Å². The maximum absolute atomic E-state index is 6.49. The molecule has 0 aliphatic heterocycles. The van der Waals surface area contributed by atoms with Crippen molar-refractivity contribution in [2.24, 2.45) is 12.8 Å². The van der Waals surface area contributed by atoms with Gasteiger partial charge in [0.05, 0.1) is 0 Å². The molecule has 1 atom stereocenters. The van der Waals surface area contributed by atoms with Gasteiger partial charge in [-0.05, 0) is 56.4 Å². The smallest absolute Gasteiger partial charge is 0.0492 e. The van der Waals surface area contributed by atoms with Crippen LogP contribution in [0.25, 0.3) is 0 Å². The van der Waals surface area contributed by atoms with Crippen LogP contribution in [0.1, 0.15) is 35.7 Å². The third-order valence-corrected chi connectivity index (χ3v) is 3.99. The summed E-state index contributed by atoms with van der Waals surface area (Å²) < 4.78 is 1.91. The predicted molar refractivity (Wildman–Crippen MR) is 79.0 cm³/mol. The van der Waals surface area contributed by atoms with Crippen LogP contribution in [0.4, 0.5) is 0 Å². The summed E-state index contributed by atoms with van der Waals surface area (Å²) in [7, 11) is 1.97. The number of hydrogen-bond acceptors (Lipinski definition) is 2. The fourth-order valence-corrected chi connectivity index (χ4v) is 2.28. The van der Waals surface area contributed by atoms with Crippen molar-refractivity contribution in [1.82, 2.24) is 9.78 Å². The highest BCUT2D eigenvalue weighted by molar-refractivity contribution is 5.33. The monoisotopic (exact) mass is 257 g/mol. The third-order valence-electron chi connectivity index (χ3n) is 3.99. The van der Waals surface area contributed by atoms with Gasteiger partial charge in [-0.2, -0.15) is 5.10 Å². The van der Waals surface area contributed by atoms with Crippen LogP contribution in [0, 0.1) is 13.8 Å². The first kappa shape index (κ1) is 13.8. The van der Waals surface area contributed by atoms with Crippen LogP contribution in [-0.4, -0.2) is 9.78 Å². The molecule has 1 aromatic heterocycles. The van der Waals surface area contributed by atoms with E-state index in [1.807, 2.05) is 17.9 Å². The number of hydrogen-bond donors (Lipinski definition) is 1. The Labute approximate surface area is 115 Å². The molecule has 19 heavy (non-hydrogen) atoms. The van der Waals surface area contributed by atoms with Crippen molar-refractivity contribution >= 4 is 0 Å². The lowest BCUT2D eigenvalue weighted by Gasteiger charge is -2.26. The topological polar surface area (TPSA) is 43.8 Å². The third kappa shape index (κ3) is 3.04. The zero-order chi connectivity index (χ0) is 14.0. The minimum atomic E-state index is -0.303. The molecule has 0 amide bonds. The zero-order valence-corrected chi connectivity index (χ0v) is 12.3. The second kappa shape index (κ2) is 5.17. The molecule has 2 rings (SSSR count). The second-order valence-corrected chi connectivity index (χ2v) is 5.66. The zero-order valence-electron chi connectivity index (χ0n) is 12.3. The van der Waals surface area contributed by atoms with Crippen LogP contribution < -0.4 is 5.73 Å². The van der Waals surface area contributed by atoms with E-state index in [-0.39, 0.29) is 5.54 Å². The van der Waals surface area contributed by atoms with Crippen molar-refractivity contribution in [3.63, 3.8) is 0 Å². The average Bonchev–Trinajstić information content (AvgIpc) is 2.76. The number of benzene rings is 1. The Kier molecular flexibility index (Phi) is 3.76. The molecular weight excluding hydrogens is 234 g/mol. The van der Waals surface area contributed by atoms with E-state index in [1.54, 1.807) is 0 Å². The van der Waals surface area contributed by atoms with E-state index < -0.39 is 0 Å². The molecule has 0 bridgehead atoms. The van der Waals surface area contributed by atoms with E-state index >= 15 is 0 Å². The molecule has 0 fully saturated rings. The SMILES string of the molecule is Cc1ccc(C(C)(N)CCc2ccnn2C)cc1C. The summed E-state index contributed by atoms with van der Waals surface area (Å²) in [5.74, 6) is 0. The molecule has 1 heterocycles. The van der Waals surface area contributed by atoms with Crippen LogP contribution in [0.5, 0.6) is 0 Å². The number of rotatable bonds is 4. The molecule has 1 unspecified atom stereocenters. The molecule has 3 nitrogen and oxygen atoms in total. The molecule has 3 heteroatoms. The van der Waals surface area contributed by atoms with Crippen LogP contribution in [0.15, 0.2) is 30.5 Å². The molecule has 0 aliphatic carbocycles. The highest BCUT2D eigenvalue weighted by Gasteiger charge is 2.21. The van der Waals surface area contributed by atoms with E-state index in [9.17, 15) is 0 Å². The van der Waals surface area contributed by atoms with E-state index in [4.69, 9.17) is 5.73 Å². The van der Waals surface area contributed by atoms with Gasteiger partial charge in [0, 0.05) is 24.5 Å². The van der Waals surface area contributed by atoms with Crippen LogP contribution in [-0.2, 0) is 19.0 Å². The largest absolute Gasteiger partial charge is 0.322 e. The van der Waals surface area contributed by atoms with Gasteiger partial charge < -0.3 is 5.73 Å². The van der Waals surface area contributed by atoms with Crippen molar-refractivity contribution in [2.75, 3.05) is 0 Å². The molecule has 0 saturated heterocycles. The van der Waals surface area contributed by atoms with Crippen molar-refractivity contribution in [2.45, 2.75) is 39.2 Å². The van der Waals surface area contributed by atoms with Gasteiger partial charge in [0.2, 0.25) is 0 Å². The Bertz CT molecular complexity index is 567. The lowest BCUT2D eigenvalue weighted by molar-refractivity contribution is 0.445. The van der Waals surface area contributed by atoms with Gasteiger partial charge >= 0.3 is 0 Å².